The lowest BCUT2D eigenvalue weighted by molar-refractivity contribution is -0.131. The molecule has 1 aliphatic rings. The summed E-state index contributed by atoms with van der Waals surface area (Å²) < 4.78 is 5.10. The second kappa shape index (κ2) is 8.20. The van der Waals surface area contributed by atoms with E-state index in [0.717, 1.165) is 24.2 Å². The maximum Gasteiger partial charge on any atom is 0.240 e. The molecule has 1 N–H and O–H groups in total. The van der Waals surface area contributed by atoms with Crippen molar-refractivity contribution in [3.05, 3.63) is 29.8 Å². The number of nitrogens with one attached hydrogen (secondary N) is 1. The molecule has 0 radical (unpaired) electrons. The van der Waals surface area contributed by atoms with Crippen LogP contribution in [0.5, 0.6) is 5.75 Å². The van der Waals surface area contributed by atoms with Crippen molar-refractivity contribution in [2.24, 2.45) is 0 Å². The van der Waals surface area contributed by atoms with Crippen LogP contribution in [0.4, 0.5) is 0 Å². The van der Waals surface area contributed by atoms with Gasteiger partial charge < -0.3 is 15.0 Å². The van der Waals surface area contributed by atoms with Gasteiger partial charge in [-0.1, -0.05) is 12.1 Å². The molecule has 1 unspecified atom stereocenters. The number of alkyl halides is 1. The molecule has 1 atom stereocenters. The Hall–Kier alpha value is -1.75. The van der Waals surface area contributed by atoms with Crippen LogP contribution in [0.15, 0.2) is 24.3 Å². The molecule has 1 saturated heterocycles. The van der Waals surface area contributed by atoms with Crippen LogP contribution in [0.3, 0.4) is 0 Å². The average Bonchev–Trinajstić information content (AvgIpc) is 2.55. The van der Waals surface area contributed by atoms with Gasteiger partial charge in [0.2, 0.25) is 11.8 Å². The summed E-state index contributed by atoms with van der Waals surface area (Å²) in [7, 11) is 1.61. The average molecular weight is 339 g/mol. The van der Waals surface area contributed by atoms with Crippen molar-refractivity contribution in [2.75, 3.05) is 20.2 Å². The number of carbonyl (C=O) groups excluding carboxylic acids is 2. The summed E-state index contributed by atoms with van der Waals surface area (Å²) in [5.74, 6) is 0.750. The van der Waals surface area contributed by atoms with Crippen LogP contribution >= 0.6 is 11.6 Å². The largest absolute Gasteiger partial charge is 0.497 e. The Morgan fingerprint density at radius 3 is 2.43 bits per heavy atom. The minimum atomic E-state index is -0.490. The van der Waals surface area contributed by atoms with E-state index in [2.05, 4.69) is 5.32 Å². The van der Waals surface area contributed by atoms with Crippen LogP contribution in [0.2, 0.25) is 0 Å². The van der Waals surface area contributed by atoms with Gasteiger partial charge in [-0.2, -0.15) is 0 Å². The van der Waals surface area contributed by atoms with E-state index in [1.807, 2.05) is 24.3 Å². The van der Waals surface area contributed by atoms with E-state index < -0.39 is 5.38 Å². The molecule has 0 spiro atoms. The summed E-state index contributed by atoms with van der Waals surface area (Å²) in [4.78, 5) is 25.7. The van der Waals surface area contributed by atoms with Crippen LogP contribution in [-0.2, 0) is 16.0 Å². The molecule has 0 bridgehead atoms. The fourth-order valence-corrected chi connectivity index (χ4v) is 2.84. The van der Waals surface area contributed by atoms with E-state index in [0.29, 0.717) is 19.5 Å². The number of methoxy groups -OCH3 is 1. The first-order chi connectivity index (χ1) is 11.0. The molecular weight excluding hydrogens is 316 g/mol. The molecule has 1 aliphatic heterocycles. The van der Waals surface area contributed by atoms with E-state index in [4.69, 9.17) is 16.3 Å². The molecule has 2 amide bonds. The molecule has 0 saturated carbocycles. The van der Waals surface area contributed by atoms with Gasteiger partial charge in [-0.3, -0.25) is 9.59 Å². The number of ether oxygens (including phenoxy) is 1. The van der Waals surface area contributed by atoms with E-state index in [9.17, 15) is 9.59 Å². The highest BCUT2D eigenvalue weighted by atomic mass is 35.5. The van der Waals surface area contributed by atoms with Crippen molar-refractivity contribution >= 4 is 23.4 Å². The molecule has 23 heavy (non-hydrogen) atoms. The first-order valence-corrected chi connectivity index (χ1v) is 8.28. The topological polar surface area (TPSA) is 58.6 Å². The van der Waals surface area contributed by atoms with Crippen molar-refractivity contribution in [3.8, 4) is 5.75 Å². The quantitative estimate of drug-likeness (QED) is 0.835. The third-order valence-corrected chi connectivity index (χ3v) is 4.22. The zero-order valence-electron chi connectivity index (χ0n) is 13.5. The van der Waals surface area contributed by atoms with Crippen LogP contribution in [-0.4, -0.2) is 48.3 Å². The Kier molecular flexibility index (Phi) is 6.28. The van der Waals surface area contributed by atoms with E-state index in [1.165, 1.54) is 0 Å². The fraction of sp³-hybridized carbons (Fsp3) is 0.529. The molecule has 1 aromatic carbocycles. The normalized spacial score (nSPS) is 16.7. The first-order valence-electron chi connectivity index (χ1n) is 7.84. The maximum absolute atomic E-state index is 12.1. The second-order valence-electron chi connectivity index (χ2n) is 5.81. The summed E-state index contributed by atoms with van der Waals surface area (Å²) in [5, 5.41) is 2.55. The molecule has 5 nitrogen and oxygen atoms in total. The Bertz CT molecular complexity index is 537. The molecule has 126 valence electrons. The Morgan fingerprint density at radius 2 is 1.91 bits per heavy atom. The van der Waals surface area contributed by atoms with Crippen LogP contribution in [0, 0.1) is 0 Å². The molecular formula is C17H23ClN2O3. The fourth-order valence-electron chi connectivity index (χ4n) is 2.70. The van der Waals surface area contributed by atoms with Gasteiger partial charge in [0.05, 0.1) is 13.5 Å². The predicted molar refractivity (Wildman–Crippen MR) is 89.8 cm³/mol. The van der Waals surface area contributed by atoms with Crippen LogP contribution in [0.1, 0.15) is 25.3 Å². The maximum atomic E-state index is 12.1. The number of piperidine rings is 1. The van der Waals surface area contributed by atoms with Gasteiger partial charge in [0.25, 0.3) is 0 Å². The highest BCUT2D eigenvalue weighted by Crippen LogP contribution is 2.14. The van der Waals surface area contributed by atoms with Crippen LogP contribution < -0.4 is 10.1 Å². The molecule has 1 fully saturated rings. The minimum absolute atomic E-state index is 0.00524. The number of amides is 2. The van der Waals surface area contributed by atoms with Gasteiger partial charge in [-0.15, -0.1) is 11.6 Å². The summed E-state index contributed by atoms with van der Waals surface area (Å²) in [6.07, 6.45) is 1.88. The number of likely N-dealkylation sites (tertiary alicyclic amines) is 1. The molecule has 2 rings (SSSR count). The standard InChI is InChI=1S/C17H23ClN2O3/c1-12(18)17(22)20-9-7-14(8-10-20)19-16(21)11-13-3-5-15(23-2)6-4-13/h3-6,12,14H,7-11H2,1-2H3,(H,19,21). The Morgan fingerprint density at radius 1 is 1.30 bits per heavy atom. The van der Waals surface area contributed by atoms with Crippen molar-refractivity contribution in [2.45, 2.75) is 37.6 Å². The second-order valence-corrected chi connectivity index (χ2v) is 6.46. The first kappa shape index (κ1) is 17.6. The lowest BCUT2D eigenvalue weighted by Crippen LogP contribution is -2.48. The molecule has 1 heterocycles. The summed E-state index contributed by atoms with van der Waals surface area (Å²) in [6, 6.07) is 7.60. The lowest BCUT2D eigenvalue weighted by atomic mass is 10.0. The highest BCUT2D eigenvalue weighted by Gasteiger charge is 2.25. The summed E-state index contributed by atoms with van der Waals surface area (Å²) in [6.45, 7) is 2.97. The number of carbonyl (C=O) groups is 2. The third kappa shape index (κ3) is 5.13. The van der Waals surface area contributed by atoms with Gasteiger partial charge in [-0.25, -0.2) is 0 Å². The van der Waals surface area contributed by atoms with E-state index in [-0.39, 0.29) is 17.9 Å². The number of hydrogen-bond acceptors (Lipinski definition) is 3. The minimum Gasteiger partial charge on any atom is -0.497 e. The van der Waals surface area contributed by atoms with Crippen molar-refractivity contribution in [1.82, 2.24) is 10.2 Å². The smallest absolute Gasteiger partial charge is 0.240 e. The number of halogens is 1. The van der Waals surface area contributed by atoms with Crippen molar-refractivity contribution < 1.29 is 14.3 Å². The highest BCUT2D eigenvalue weighted by molar-refractivity contribution is 6.30. The number of nitrogens with zero attached hydrogens (tertiary/aromatic N) is 1. The summed E-state index contributed by atoms with van der Waals surface area (Å²) in [5.41, 5.74) is 0.951. The lowest BCUT2D eigenvalue weighted by Gasteiger charge is -2.33. The molecule has 6 heteroatoms. The van der Waals surface area contributed by atoms with Crippen LogP contribution in [0.25, 0.3) is 0 Å². The Balaban J connectivity index is 1.77. The molecule has 0 aliphatic carbocycles. The van der Waals surface area contributed by atoms with Gasteiger partial charge in [0.15, 0.2) is 0 Å². The van der Waals surface area contributed by atoms with Gasteiger partial charge in [0, 0.05) is 19.1 Å². The number of benzene rings is 1. The van der Waals surface area contributed by atoms with Crippen molar-refractivity contribution in [3.63, 3.8) is 0 Å². The monoisotopic (exact) mass is 338 g/mol. The van der Waals surface area contributed by atoms with Crippen molar-refractivity contribution in [1.29, 1.82) is 0 Å². The molecule has 0 aromatic heterocycles. The third-order valence-electron chi connectivity index (χ3n) is 4.04. The number of rotatable bonds is 5. The SMILES string of the molecule is COc1ccc(CC(=O)NC2CCN(C(=O)C(C)Cl)CC2)cc1. The zero-order valence-corrected chi connectivity index (χ0v) is 14.3. The predicted octanol–water partition coefficient (Wildman–Crippen LogP) is 1.97. The number of hydrogen-bond donors (Lipinski definition) is 1. The summed E-state index contributed by atoms with van der Waals surface area (Å²) >= 11 is 5.82. The molecule has 1 aromatic rings. The van der Waals surface area contributed by atoms with E-state index >= 15 is 0 Å². The van der Waals surface area contributed by atoms with Gasteiger partial charge in [-0.05, 0) is 37.5 Å². The Labute approximate surface area is 141 Å². The van der Waals surface area contributed by atoms with Gasteiger partial charge >= 0.3 is 0 Å². The van der Waals surface area contributed by atoms with E-state index in [1.54, 1.807) is 18.9 Å². The zero-order chi connectivity index (χ0) is 16.8. The van der Waals surface area contributed by atoms with Gasteiger partial charge in [0.1, 0.15) is 11.1 Å².